The SMILES string of the molecule is O=S1(=O)CC[C@H](N(Cc2ccnc(Cl)c2)C[C@@H]2CCCO2)C1. The van der Waals surface area contributed by atoms with Crippen LogP contribution in [0, 0.1) is 0 Å². The third-order valence-corrected chi connectivity index (χ3v) is 6.32. The van der Waals surface area contributed by atoms with Gasteiger partial charge in [-0.05, 0) is 37.0 Å². The molecule has 1 aromatic heterocycles. The molecule has 2 fully saturated rings. The second-order valence-corrected chi connectivity index (χ2v) is 8.72. The van der Waals surface area contributed by atoms with Crippen LogP contribution in [-0.2, 0) is 21.1 Å². The van der Waals surface area contributed by atoms with Crippen LogP contribution in [0.1, 0.15) is 24.8 Å². The molecule has 3 heterocycles. The summed E-state index contributed by atoms with van der Waals surface area (Å²) in [6.45, 7) is 2.27. The summed E-state index contributed by atoms with van der Waals surface area (Å²) in [5.74, 6) is 0.537. The minimum absolute atomic E-state index is 0.0705. The van der Waals surface area contributed by atoms with Crippen LogP contribution in [0.3, 0.4) is 0 Å². The Bertz CT molecular complexity index is 617. The van der Waals surface area contributed by atoms with Crippen LogP contribution in [0.5, 0.6) is 0 Å². The van der Waals surface area contributed by atoms with E-state index in [1.165, 1.54) is 0 Å². The van der Waals surface area contributed by atoms with Gasteiger partial charge < -0.3 is 4.74 Å². The molecule has 0 amide bonds. The number of rotatable bonds is 5. The number of hydrogen-bond donors (Lipinski definition) is 0. The minimum atomic E-state index is -2.90. The lowest BCUT2D eigenvalue weighted by molar-refractivity contribution is 0.0574. The number of ether oxygens (including phenoxy) is 1. The van der Waals surface area contributed by atoms with Crippen molar-refractivity contribution < 1.29 is 13.2 Å². The maximum absolute atomic E-state index is 11.8. The molecule has 0 bridgehead atoms. The van der Waals surface area contributed by atoms with Crippen LogP contribution in [0.4, 0.5) is 0 Å². The molecule has 3 rings (SSSR count). The summed E-state index contributed by atoms with van der Waals surface area (Å²) in [4.78, 5) is 6.24. The van der Waals surface area contributed by atoms with E-state index in [0.717, 1.165) is 31.6 Å². The van der Waals surface area contributed by atoms with E-state index in [2.05, 4.69) is 9.88 Å². The molecule has 0 radical (unpaired) electrons. The molecular formula is C15H21ClN2O3S. The first-order valence-electron chi connectivity index (χ1n) is 7.68. The standard InChI is InChI=1S/C15H21ClN2O3S/c16-15-8-12(3-5-17-15)9-18(10-14-2-1-6-21-14)13-4-7-22(19,20)11-13/h3,5,8,13-14H,1-2,4,6-7,9-11H2/t13-,14-/m0/s1. The highest BCUT2D eigenvalue weighted by atomic mass is 35.5. The third kappa shape index (κ3) is 4.19. The zero-order valence-corrected chi connectivity index (χ0v) is 14.0. The van der Waals surface area contributed by atoms with E-state index < -0.39 is 9.84 Å². The third-order valence-electron chi connectivity index (χ3n) is 4.36. The van der Waals surface area contributed by atoms with E-state index in [1.807, 2.05) is 12.1 Å². The second kappa shape index (κ2) is 6.83. The number of nitrogens with zero attached hydrogens (tertiary/aromatic N) is 2. The van der Waals surface area contributed by atoms with E-state index in [-0.39, 0.29) is 23.7 Å². The van der Waals surface area contributed by atoms with Gasteiger partial charge in [0.25, 0.3) is 0 Å². The molecule has 7 heteroatoms. The number of halogens is 1. The van der Waals surface area contributed by atoms with E-state index in [9.17, 15) is 8.42 Å². The van der Waals surface area contributed by atoms with Crippen molar-refractivity contribution in [3.05, 3.63) is 29.0 Å². The lowest BCUT2D eigenvalue weighted by Gasteiger charge is -2.30. The molecule has 1 aromatic rings. The molecule has 22 heavy (non-hydrogen) atoms. The molecule has 2 aliphatic rings. The van der Waals surface area contributed by atoms with Gasteiger partial charge in [-0.1, -0.05) is 11.6 Å². The van der Waals surface area contributed by atoms with Gasteiger partial charge in [-0.15, -0.1) is 0 Å². The highest BCUT2D eigenvalue weighted by Gasteiger charge is 2.33. The minimum Gasteiger partial charge on any atom is -0.377 e. The summed E-state index contributed by atoms with van der Waals surface area (Å²) in [6, 6.07) is 3.84. The molecule has 0 unspecified atom stereocenters. The van der Waals surface area contributed by atoms with Gasteiger partial charge in [0, 0.05) is 31.9 Å². The molecule has 0 aliphatic carbocycles. The van der Waals surface area contributed by atoms with Crippen molar-refractivity contribution in [2.45, 2.75) is 38.0 Å². The maximum atomic E-state index is 11.8. The van der Waals surface area contributed by atoms with E-state index in [1.54, 1.807) is 6.20 Å². The van der Waals surface area contributed by atoms with Gasteiger partial charge in [-0.3, -0.25) is 4.90 Å². The van der Waals surface area contributed by atoms with Crippen LogP contribution in [0.25, 0.3) is 0 Å². The largest absolute Gasteiger partial charge is 0.377 e. The molecule has 5 nitrogen and oxygen atoms in total. The summed E-state index contributed by atoms with van der Waals surface area (Å²) in [7, 11) is -2.90. The zero-order valence-electron chi connectivity index (χ0n) is 12.4. The summed E-state index contributed by atoms with van der Waals surface area (Å²) in [5.41, 5.74) is 1.06. The van der Waals surface area contributed by atoms with Gasteiger partial charge in [0.05, 0.1) is 17.6 Å². The fourth-order valence-corrected chi connectivity index (χ4v) is 5.19. The van der Waals surface area contributed by atoms with E-state index >= 15 is 0 Å². The molecule has 2 atom stereocenters. The van der Waals surface area contributed by atoms with Gasteiger partial charge in [-0.25, -0.2) is 13.4 Å². The van der Waals surface area contributed by atoms with Crippen molar-refractivity contribution >= 4 is 21.4 Å². The molecule has 2 saturated heterocycles. The van der Waals surface area contributed by atoms with Crippen molar-refractivity contribution in [3.63, 3.8) is 0 Å². The Morgan fingerprint density at radius 3 is 2.91 bits per heavy atom. The number of aromatic nitrogens is 1. The lowest BCUT2D eigenvalue weighted by Crippen LogP contribution is -2.40. The summed E-state index contributed by atoms with van der Waals surface area (Å²) in [5, 5.41) is 0.466. The van der Waals surface area contributed by atoms with Crippen molar-refractivity contribution in [2.24, 2.45) is 0 Å². The lowest BCUT2D eigenvalue weighted by atomic mass is 10.1. The van der Waals surface area contributed by atoms with Crippen LogP contribution in [0.15, 0.2) is 18.3 Å². The van der Waals surface area contributed by atoms with Crippen molar-refractivity contribution in [2.75, 3.05) is 24.7 Å². The Hall–Kier alpha value is -0.690. The first kappa shape index (κ1) is 16.2. The Balaban J connectivity index is 1.73. The van der Waals surface area contributed by atoms with Crippen LogP contribution >= 0.6 is 11.6 Å². The zero-order chi connectivity index (χ0) is 15.6. The highest BCUT2D eigenvalue weighted by molar-refractivity contribution is 7.91. The summed E-state index contributed by atoms with van der Waals surface area (Å²) >= 11 is 5.95. The molecule has 0 N–H and O–H groups in total. The van der Waals surface area contributed by atoms with Crippen molar-refractivity contribution in [1.29, 1.82) is 0 Å². The molecular weight excluding hydrogens is 324 g/mol. The molecule has 2 aliphatic heterocycles. The fourth-order valence-electron chi connectivity index (χ4n) is 3.23. The number of hydrogen-bond acceptors (Lipinski definition) is 5. The topological polar surface area (TPSA) is 59.5 Å². The van der Waals surface area contributed by atoms with Crippen molar-refractivity contribution in [3.8, 4) is 0 Å². The average Bonchev–Trinajstić information content (AvgIpc) is 3.07. The Morgan fingerprint density at radius 1 is 1.41 bits per heavy atom. The van der Waals surface area contributed by atoms with Gasteiger partial charge >= 0.3 is 0 Å². The molecule has 0 saturated carbocycles. The average molecular weight is 345 g/mol. The summed E-state index contributed by atoms with van der Waals surface area (Å²) < 4.78 is 29.3. The number of pyridine rings is 1. The van der Waals surface area contributed by atoms with Crippen molar-refractivity contribution in [1.82, 2.24) is 9.88 Å². The van der Waals surface area contributed by atoms with E-state index in [4.69, 9.17) is 16.3 Å². The maximum Gasteiger partial charge on any atom is 0.151 e. The predicted octanol–water partition coefficient (Wildman–Crippen LogP) is 1.90. The smallest absolute Gasteiger partial charge is 0.151 e. The fraction of sp³-hybridized carbons (Fsp3) is 0.667. The van der Waals surface area contributed by atoms with Gasteiger partial charge in [-0.2, -0.15) is 0 Å². The van der Waals surface area contributed by atoms with E-state index in [0.29, 0.717) is 18.1 Å². The second-order valence-electron chi connectivity index (χ2n) is 6.11. The number of sulfone groups is 1. The van der Waals surface area contributed by atoms with Crippen LogP contribution < -0.4 is 0 Å². The Kier molecular flexibility index (Phi) is 5.02. The quantitative estimate of drug-likeness (QED) is 0.763. The van der Waals surface area contributed by atoms with Crippen LogP contribution in [0.2, 0.25) is 5.15 Å². The molecule has 0 spiro atoms. The first-order chi connectivity index (χ1) is 10.5. The molecule has 0 aromatic carbocycles. The Labute approximate surface area is 136 Å². The van der Waals surface area contributed by atoms with Gasteiger partial charge in [0.1, 0.15) is 5.15 Å². The Morgan fingerprint density at radius 2 is 2.27 bits per heavy atom. The predicted molar refractivity (Wildman–Crippen MR) is 85.7 cm³/mol. The highest BCUT2D eigenvalue weighted by Crippen LogP contribution is 2.23. The van der Waals surface area contributed by atoms with Gasteiger partial charge in [0.15, 0.2) is 9.84 Å². The van der Waals surface area contributed by atoms with Crippen LogP contribution in [-0.4, -0.2) is 55.1 Å². The molecule has 122 valence electrons. The first-order valence-corrected chi connectivity index (χ1v) is 9.88. The summed E-state index contributed by atoms with van der Waals surface area (Å²) in [6.07, 6.45) is 4.73. The van der Waals surface area contributed by atoms with Gasteiger partial charge in [0.2, 0.25) is 0 Å². The monoisotopic (exact) mass is 344 g/mol. The normalized spacial score (nSPS) is 27.5.